The number of thioether (sulfide) groups is 1. The summed E-state index contributed by atoms with van der Waals surface area (Å²) in [6.45, 7) is 12.0. The molecule has 3 atom stereocenters. The molecule has 0 N–H and O–H groups in total. The fourth-order valence-corrected chi connectivity index (χ4v) is 6.33. The molecular weight excluding hydrogens is 334 g/mol. The van der Waals surface area contributed by atoms with E-state index in [4.69, 9.17) is 9.72 Å². The van der Waals surface area contributed by atoms with E-state index >= 15 is 0 Å². The van der Waals surface area contributed by atoms with Crippen molar-refractivity contribution in [1.29, 1.82) is 0 Å². The summed E-state index contributed by atoms with van der Waals surface area (Å²) in [6.07, 6.45) is 2.16. The number of rotatable bonds is 3. The Morgan fingerprint density at radius 3 is 2.60 bits per heavy atom. The zero-order chi connectivity index (χ0) is 17.8. The first-order valence-electron chi connectivity index (χ1n) is 9.22. The summed E-state index contributed by atoms with van der Waals surface area (Å²) in [5.74, 6) is 1.55. The molecule has 1 aromatic rings. The number of nitrogens with zero attached hydrogens (tertiary/aromatic N) is 3. The van der Waals surface area contributed by atoms with Crippen LogP contribution in [0, 0.1) is 23.7 Å². The molecule has 0 radical (unpaired) electrons. The van der Waals surface area contributed by atoms with Crippen molar-refractivity contribution in [2.45, 2.75) is 50.9 Å². The fraction of sp³-hybridized carbons (Fsp3) is 0.737. The molecule has 2 saturated carbocycles. The smallest absolute Gasteiger partial charge is 0.190 e. The number of aromatic nitrogens is 2. The van der Waals surface area contributed by atoms with Gasteiger partial charge in [0.1, 0.15) is 11.6 Å². The number of anilines is 1. The highest BCUT2D eigenvalue weighted by Crippen LogP contribution is 2.67. The fourth-order valence-electron chi connectivity index (χ4n) is 4.81. The molecule has 1 aliphatic heterocycles. The molecule has 1 saturated heterocycles. The first-order valence-corrected chi connectivity index (χ1v) is 10.1. The standard InChI is InChI=1S/C19H27N3O2S/c1-12-11-14(22-7-9-24-10-8-22)21-17(20-12)25-16-15(23)13-5-6-19(16,4)18(13,2)3/h11,13,16H,5-10H2,1-4H3/t13-,16-,19-/m0/s1. The number of fused-ring (bicyclic) bond motifs is 2. The van der Waals surface area contributed by atoms with Crippen LogP contribution in [0.25, 0.3) is 0 Å². The second-order valence-electron chi connectivity index (χ2n) is 8.38. The Morgan fingerprint density at radius 1 is 1.24 bits per heavy atom. The van der Waals surface area contributed by atoms with Crippen molar-refractivity contribution in [3.8, 4) is 0 Å². The number of aryl methyl sites for hydroxylation is 1. The molecule has 0 amide bonds. The van der Waals surface area contributed by atoms with Gasteiger partial charge >= 0.3 is 0 Å². The van der Waals surface area contributed by atoms with E-state index in [1.54, 1.807) is 11.8 Å². The Morgan fingerprint density at radius 2 is 1.96 bits per heavy atom. The topological polar surface area (TPSA) is 55.3 Å². The van der Waals surface area contributed by atoms with Crippen molar-refractivity contribution in [2.75, 3.05) is 31.2 Å². The van der Waals surface area contributed by atoms with Gasteiger partial charge in [0.15, 0.2) is 5.16 Å². The average molecular weight is 362 g/mol. The minimum Gasteiger partial charge on any atom is -0.378 e. The van der Waals surface area contributed by atoms with Gasteiger partial charge in [0, 0.05) is 30.8 Å². The molecule has 1 aromatic heterocycles. The number of ether oxygens (including phenoxy) is 1. The van der Waals surface area contributed by atoms with Crippen molar-refractivity contribution in [2.24, 2.45) is 16.7 Å². The molecule has 5 nitrogen and oxygen atoms in total. The van der Waals surface area contributed by atoms with Crippen LogP contribution in [-0.4, -0.2) is 47.3 Å². The Hall–Kier alpha value is -1.14. The summed E-state index contributed by atoms with van der Waals surface area (Å²) in [5.41, 5.74) is 1.06. The van der Waals surface area contributed by atoms with Crippen LogP contribution in [0.15, 0.2) is 11.2 Å². The molecule has 3 aliphatic rings. The minimum atomic E-state index is -0.0272. The number of carbonyl (C=O) groups excluding carboxylic acids is 1. The largest absolute Gasteiger partial charge is 0.378 e. The lowest BCUT2D eigenvalue weighted by molar-refractivity contribution is -0.122. The molecule has 3 fully saturated rings. The van der Waals surface area contributed by atoms with Crippen molar-refractivity contribution in [1.82, 2.24) is 9.97 Å². The van der Waals surface area contributed by atoms with Crippen molar-refractivity contribution < 1.29 is 9.53 Å². The third-order valence-corrected chi connectivity index (χ3v) is 8.24. The molecule has 6 heteroatoms. The quantitative estimate of drug-likeness (QED) is 0.771. The Labute approximate surface area is 153 Å². The molecule has 2 aliphatic carbocycles. The van der Waals surface area contributed by atoms with Crippen LogP contribution in [0.2, 0.25) is 0 Å². The van der Waals surface area contributed by atoms with Crippen LogP contribution in [0.3, 0.4) is 0 Å². The highest BCUT2D eigenvalue weighted by Gasteiger charge is 2.66. The van der Waals surface area contributed by atoms with Gasteiger partial charge in [-0.2, -0.15) is 0 Å². The SMILES string of the molecule is Cc1cc(N2CCOCC2)nc(S[C@H]2C(=O)[C@@H]3CC[C@]2(C)C3(C)C)n1. The lowest BCUT2D eigenvalue weighted by Gasteiger charge is -2.37. The lowest BCUT2D eigenvalue weighted by Crippen LogP contribution is -2.37. The molecule has 0 unspecified atom stereocenters. The van der Waals surface area contributed by atoms with Crippen molar-refractivity contribution >= 4 is 23.4 Å². The van der Waals surface area contributed by atoms with Gasteiger partial charge in [0.25, 0.3) is 0 Å². The van der Waals surface area contributed by atoms with Crippen molar-refractivity contribution in [3.05, 3.63) is 11.8 Å². The number of carbonyl (C=O) groups is 1. The molecule has 2 heterocycles. The van der Waals surface area contributed by atoms with Gasteiger partial charge in [0.05, 0.1) is 18.5 Å². The molecular formula is C19H27N3O2S. The van der Waals surface area contributed by atoms with Crippen LogP contribution in [0.5, 0.6) is 0 Å². The van der Waals surface area contributed by atoms with E-state index < -0.39 is 0 Å². The Bertz CT molecular complexity index is 702. The molecule has 4 rings (SSSR count). The summed E-state index contributed by atoms with van der Waals surface area (Å²) in [4.78, 5) is 24.6. The molecule has 25 heavy (non-hydrogen) atoms. The normalized spacial score (nSPS) is 33.9. The maximum absolute atomic E-state index is 13.0. The number of morpholine rings is 1. The van der Waals surface area contributed by atoms with Gasteiger partial charge < -0.3 is 9.64 Å². The summed E-state index contributed by atoms with van der Waals surface area (Å²) < 4.78 is 5.44. The highest BCUT2D eigenvalue weighted by molar-refractivity contribution is 8.00. The first-order chi connectivity index (χ1) is 11.8. The van der Waals surface area contributed by atoms with Crippen LogP contribution < -0.4 is 4.90 Å². The predicted octanol–water partition coefficient (Wildman–Crippen LogP) is 3.11. The zero-order valence-corrected chi connectivity index (χ0v) is 16.4. The predicted molar refractivity (Wildman–Crippen MR) is 99.1 cm³/mol. The second-order valence-corrected chi connectivity index (χ2v) is 9.45. The highest BCUT2D eigenvalue weighted by atomic mass is 32.2. The Balaban J connectivity index is 1.61. The van der Waals surface area contributed by atoms with Crippen LogP contribution in [0.4, 0.5) is 5.82 Å². The van der Waals surface area contributed by atoms with E-state index in [1.165, 1.54) is 0 Å². The molecule has 2 bridgehead atoms. The average Bonchev–Trinajstić information content (AvgIpc) is 2.89. The monoisotopic (exact) mass is 361 g/mol. The van der Waals surface area contributed by atoms with Gasteiger partial charge in [-0.3, -0.25) is 4.79 Å². The molecule has 0 aromatic carbocycles. The summed E-state index contributed by atoms with van der Waals surface area (Å²) in [5, 5.41) is 0.713. The number of hydrogen-bond donors (Lipinski definition) is 0. The number of Topliss-reactive ketones (excluding diaryl/α,β-unsaturated/α-hetero) is 1. The van der Waals surface area contributed by atoms with Crippen LogP contribution in [0.1, 0.15) is 39.3 Å². The van der Waals surface area contributed by atoms with Gasteiger partial charge in [-0.15, -0.1) is 0 Å². The van der Waals surface area contributed by atoms with Gasteiger partial charge in [0.2, 0.25) is 0 Å². The van der Waals surface area contributed by atoms with E-state index in [-0.39, 0.29) is 22.0 Å². The van der Waals surface area contributed by atoms with Gasteiger partial charge in [-0.1, -0.05) is 32.5 Å². The van der Waals surface area contributed by atoms with Crippen molar-refractivity contribution in [3.63, 3.8) is 0 Å². The lowest BCUT2D eigenvalue weighted by atomic mass is 9.71. The zero-order valence-electron chi connectivity index (χ0n) is 15.5. The maximum Gasteiger partial charge on any atom is 0.190 e. The van der Waals surface area contributed by atoms with E-state index in [9.17, 15) is 4.79 Å². The van der Waals surface area contributed by atoms with Crippen LogP contribution in [-0.2, 0) is 9.53 Å². The third-order valence-electron chi connectivity index (χ3n) is 6.85. The minimum absolute atomic E-state index is 0.0272. The molecule has 0 spiro atoms. The Kier molecular flexibility index (Phi) is 4.11. The van der Waals surface area contributed by atoms with E-state index in [0.717, 1.165) is 55.8 Å². The van der Waals surface area contributed by atoms with Crippen LogP contribution >= 0.6 is 11.8 Å². The maximum atomic E-state index is 13.0. The number of ketones is 1. The first kappa shape index (κ1) is 17.3. The van der Waals surface area contributed by atoms with E-state index in [2.05, 4.69) is 30.7 Å². The summed E-state index contributed by atoms with van der Waals surface area (Å²) in [7, 11) is 0. The second kappa shape index (κ2) is 5.95. The van der Waals surface area contributed by atoms with E-state index in [1.807, 2.05) is 13.0 Å². The van der Waals surface area contributed by atoms with Gasteiger partial charge in [-0.05, 0) is 30.6 Å². The summed E-state index contributed by atoms with van der Waals surface area (Å²) >= 11 is 1.59. The number of hydrogen-bond acceptors (Lipinski definition) is 6. The summed E-state index contributed by atoms with van der Waals surface area (Å²) in [6, 6.07) is 2.03. The van der Waals surface area contributed by atoms with Gasteiger partial charge in [-0.25, -0.2) is 9.97 Å². The third kappa shape index (κ3) is 2.60. The molecule has 136 valence electrons. The van der Waals surface area contributed by atoms with E-state index in [0.29, 0.717) is 5.78 Å².